The highest BCUT2D eigenvalue weighted by atomic mass is 16.6. The van der Waals surface area contributed by atoms with Crippen molar-refractivity contribution in [3.63, 3.8) is 0 Å². The number of hydrogen-bond acceptors (Lipinski definition) is 11. The van der Waals surface area contributed by atoms with Gasteiger partial charge in [0.1, 0.15) is 24.4 Å². The molecule has 5 heterocycles. The van der Waals surface area contributed by atoms with E-state index in [9.17, 15) is 34.8 Å². The number of hydrogen-bond donors (Lipinski definition) is 5. The SMILES string of the molecule is C/C(=C/[C@@H](C)CCCCC(=O)O)[C@H]1O[C@H]2C=C[C@H]1OC(=O)\C=C/C=C/C=C/C(=O)[C@@H]1C[C@@H](O)[C@H](C)[C@@H](/C=C/C[C@@H]3O[C@@H](C[C@H](O)[C@H]3C)[C@H](O)[C@@H](O)/C=C/CC/C=C/C2)O1. The first-order valence-electron chi connectivity index (χ1n) is 21.2. The summed E-state index contributed by atoms with van der Waals surface area (Å²) < 4.78 is 24.7. The van der Waals surface area contributed by atoms with Crippen LogP contribution in [0.4, 0.5) is 0 Å². The van der Waals surface area contributed by atoms with Gasteiger partial charge in [-0.1, -0.05) is 100 Å². The smallest absolute Gasteiger partial charge is 0.331 e. The van der Waals surface area contributed by atoms with Crippen molar-refractivity contribution < 1.29 is 58.9 Å². The van der Waals surface area contributed by atoms with Gasteiger partial charge >= 0.3 is 11.9 Å². The normalized spacial score (nSPS) is 39.5. The number of esters is 1. The summed E-state index contributed by atoms with van der Waals surface area (Å²) in [6, 6.07) is 0. The first-order valence-corrected chi connectivity index (χ1v) is 21.2. The Morgan fingerprint density at radius 3 is 2.27 bits per heavy atom. The van der Waals surface area contributed by atoms with Crippen LogP contribution in [-0.2, 0) is 33.3 Å². The van der Waals surface area contributed by atoms with Gasteiger partial charge in [-0.25, -0.2) is 4.79 Å². The third-order valence-electron chi connectivity index (χ3n) is 11.5. The summed E-state index contributed by atoms with van der Waals surface area (Å²) in [5, 5.41) is 52.4. The molecule has 0 aromatic carbocycles. The zero-order chi connectivity index (χ0) is 42.9. The molecule has 2 fully saturated rings. The summed E-state index contributed by atoms with van der Waals surface area (Å²) in [4.78, 5) is 36.9. The van der Waals surface area contributed by atoms with Crippen LogP contribution >= 0.6 is 0 Å². The number of ketones is 1. The van der Waals surface area contributed by atoms with Crippen LogP contribution in [0.15, 0.2) is 96.7 Å². The topological polar surface area (TPSA) is 189 Å². The fourth-order valence-electron chi connectivity index (χ4n) is 7.79. The number of ether oxygens (including phenoxy) is 4. The van der Waals surface area contributed by atoms with Gasteiger partial charge in [0.15, 0.2) is 11.9 Å². The quantitative estimate of drug-likeness (QED) is 0.115. The molecule has 0 amide bonds. The van der Waals surface area contributed by atoms with Crippen LogP contribution in [-0.4, -0.2) is 110 Å². The number of carboxylic acid groups (broad SMARTS) is 1. The molecule has 0 radical (unpaired) electrons. The molecule has 14 atom stereocenters. The zero-order valence-corrected chi connectivity index (χ0v) is 34.9. The molecule has 5 rings (SSSR count). The number of aliphatic hydroxyl groups is 4. The zero-order valence-electron chi connectivity index (χ0n) is 34.9. The van der Waals surface area contributed by atoms with Gasteiger partial charge in [0.25, 0.3) is 0 Å². The lowest BCUT2D eigenvalue weighted by Gasteiger charge is -2.40. The molecular weight excluding hydrogens is 757 g/mol. The van der Waals surface area contributed by atoms with Crippen molar-refractivity contribution in [3.05, 3.63) is 96.7 Å². The van der Waals surface area contributed by atoms with Crippen molar-refractivity contribution in [2.45, 2.75) is 159 Å². The molecular formula is C47H66O12. The van der Waals surface area contributed by atoms with Crippen LogP contribution in [0.2, 0.25) is 0 Å². The van der Waals surface area contributed by atoms with Gasteiger partial charge in [-0.2, -0.15) is 0 Å². The van der Waals surface area contributed by atoms with Gasteiger partial charge in [-0.15, -0.1) is 0 Å². The molecule has 59 heavy (non-hydrogen) atoms. The fourth-order valence-corrected chi connectivity index (χ4v) is 7.79. The maximum Gasteiger partial charge on any atom is 0.331 e. The van der Waals surface area contributed by atoms with E-state index >= 15 is 0 Å². The highest BCUT2D eigenvalue weighted by Crippen LogP contribution is 2.32. The van der Waals surface area contributed by atoms with Crippen LogP contribution in [0.3, 0.4) is 0 Å². The monoisotopic (exact) mass is 822 g/mol. The van der Waals surface area contributed by atoms with E-state index in [1.165, 1.54) is 18.2 Å². The van der Waals surface area contributed by atoms with Gasteiger partial charge in [0, 0.05) is 37.2 Å². The minimum atomic E-state index is -1.24. The summed E-state index contributed by atoms with van der Waals surface area (Å²) in [7, 11) is 0. The van der Waals surface area contributed by atoms with Gasteiger partial charge in [0.2, 0.25) is 0 Å². The van der Waals surface area contributed by atoms with Crippen LogP contribution in [0.1, 0.15) is 91.9 Å². The molecule has 6 bridgehead atoms. The van der Waals surface area contributed by atoms with E-state index in [2.05, 4.69) is 13.0 Å². The lowest BCUT2D eigenvalue weighted by Crippen LogP contribution is -2.50. The van der Waals surface area contributed by atoms with Crippen molar-refractivity contribution in [2.24, 2.45) is 17.8 Å². The van der Waals surface area contributed by atoms with E-state index in [4.69, 9.17) is 24.1 Å². The van der Waals surface area contributed by atoms with Crippen molar-refractivity contribution in [1.82, 2.24) is 0 Å². The number of fused-ring (bicyclic) bond motifs is 13. The molecule has 12 heteroatoms. The van der Waals surface area contributed by atoms with Gasteiger partial charge in [-0.3, -0.25) is 9.59 Å². The van der Waals surface area contributed by atoms with Gasteiger partial charge in [-0.05, 0) is 69.1 Å². The number of rotatable bonds is 7. The number of carbonyl (C=O) groups is 3. The lowest BCUT2D eigenvalue weighted by molar-refractivity contribution is -0.175. The summed E-state index contributed by atoms with van der Waals surface area (Å²) >= 11 is 0. The summed E-state index contributed by atoms with van der Waals surface area (Å²) in [5.41, 5.74) is 0.905. The van der Waals surface area contributed by atoms with Crippen LogP contribution in [0.5, 0.6) is 0 Å². The maximum absolute atomic E-state index is 13.1. The van der Waals surface area contributed by atoms with E-state index in [1.54, 1.807) is 30.4 Å². The second kappa shape index (κ2) is 24.5. The Morgan fingerprint density at radius 2 is 1.51 bits per heavy atom. The fraction of sp³-hybridized carbons (Fsp3) is 0.596. The Balaban J connectivity index is 1.50. The summed E-state index contributed by atoms with van der Waals surface area (Å²) in [6.45, 7) is 7.75. The standard InChI is InChI=1S/C47H66O12/c1-30(17-14-15-23-44(52)53)27-31(2)47-41-26-25-34(56-47)18-10-6-5-7-12-20-36(49)46(55)43-29-38(51)33(4)40(58-43)22-16-21-39-32(3)37(50)28-42(57-39)35(48)19-11-8-9-13-24-45(54)59-41/h6,8-13,16,19-21,24-27,30,32-34,36-43,46-47,49-51,55H,5,7,14-15,17-18,22-23,28-29H2,1-4H3,(H,52,53)/b9-8+,10-6+,19-11+,20-12+,21-16+,24-13-,31-27-/t30-,32-,33+,34+,36-,37+,38-,39+,40-,41+,42-,43-,46+,47+/m0/s1. The third kappa shape index (κ3) is 15.7. The molecule has 12 nitrogen and oxygen atoms in total. The average molecular weight is 823 g/mol. The average Bonchev–Trinajstić information content (AvgIpc) is 3.19. The number of aliphatic carboxylic acids is 1. The van der Waals surface area contributed by atoms with E-state index < -0.39 is 73.0 Å². The van der Waals surface area contributed by atoms with E-state index in [0.717, 1.165) is 18.4 Å². The van der Waals surface area contributed by atoms with Gasteiger partial charge < -0.3 is 44.5 Å². The Kier molecular flexibility index (Phi) is 19.9. The molecule has 0 aliphatic carbocycles. The molecule has 5 aliphatic heterocycles. The minimum absolute atomic E-state index is 0.136. The third-order valence-corrected chi connectivity index (χ3v) is 11.5. The predicted molar refractivity (Wildman–Crippen MR) is 224 cm³/mol. The predicted octanol–water partition coefficient (Wildman–Crippen LogP) is 5.96. The van der Waals surface area contributed by atoms with Gasteiger partial charge in [0.05, 0.1) is 36.6 Å². The highest BCUT2D eigenvalue weighted by Gasteiger charge is 2.40. The number of carboxylic acids is 1. The van der Waals surface area contributed by atoms with E-state index in [0.29, 0.717) is 32.1 Å². The highest BCUT2D eigenvalue weighted by molar-refractivity contribution is 5.94. The minimum Gasteiger partial charge on any atom is -0.481 e. The molecule has 5 aliphatic rings. The van der Waals surface area contributed by atoms with E-state index in [1.807, 2.05) is 57.2 Å². The van der Waals surface area contributed by atoms with Crippen LogP contribution in [0, 0.1) is 17.8 Å². The maximum atomic E-state index is 13.1. The Morgan fingerprint density at radius 1 is 0.780 bits per heavy atom. The molecule has 0 unspecified atom stereocenters. The number of allylic oxidation sites excluding steroid dienone is 7. The van der Waals surface area contributed by atoms with Crippen molar-refractivity contribution in [3.8, 4) is 0 Å². The van der Waals surface area contributed by atoms with Crippen LogP contribution in [0.25, 0.3) is 0 Å². The van der Waals surface area contributed by atoms with Crippen LogP contribution < -0.4 is 0 Å². The molecule has 0 aromatic rings. The second-order valence-electron chi connectivity index (χ2n) is 16.4. The lowest BCUT2D eigenvalue weighted by atomic mass is 9.85. The van der Waals surface area contributed by atoms with E-state index in [-0.39, 0.29) is 48.9 Å². The molecule has 5 N–H and O–H groups in total. The molecule has 2 saturated heterocycles. The summed E-state index contributed by atoms with van der Waals surface area (Å²) in [5.74, 6) is -2.03. The Labute approximate surface area is 349 Å². The number of carbonyl (C=O) groups excluding carboxylic acids is 2. The van der Waals surface area contributed by atoms with Crippen molar-refractivity contribution in [2.75, 3.05) is 0 Å². The first-order chi connectivity index (χ1) is 28.2. The number of unbranched alkanes of at least 4 members (excludes halogenated alkanes) is 1. The molecule has 0 aromatic heterocycles. The Bertz CT molecular complexity index is 1600. The Hall–Kier alpha value is -3.75. The molecule has 326 valence electrons. The summed E-state index contributed by atoms with van der Waals surface area (Å²) in [6.07, 6.45) is 22.7. The van der Waals surface area contributed by atoms with Crippen molar-refractivity contribution >= 4 is 17.7 Å². The van der Waals surface area contributed by atoms with Crippen molar-refractivity contribution in [1.29, 1.82) is 0 Å². The molecule has 0 saturated carbocycles. The second-order valence-corrected chi connectivity index (χ2v) is 16.4. The largest absolute Gasteiger partial charge is 0.481 e. The molecule has 0 spiro atoms. The number of aliphatic hydroxyl groups excluding tert-OH is 4. The first kappa shape index (κ1) is 47.9.